The molecule has 0 aliphatic heterocycles. The van der Waals surface area contributed by atoms with Gasteiger partial charge in [-0.1, -0.05) is 0 Å². The fourth-order valence-electron chi connectivity index (χ4n) is 1.27. The van der Waals surface area contributed by atoms with E-state index in [9.17, 15) is 4.79 Å². The molecule has 0 aromatic rings. The van der Waals surface area contributed by atoms with Crippen molar-refractivity contribution in [2.24, 2.45) is 0 Å². The van der Waals surface area contributed by atoms with Crippen LogP contribution in [0, 0.1) is 0 Å². The molecule has 0 saturated heterocycles. The van der Waals surface area contributed by atoms with Crippen LogP contribution in [-0.4, -0.2) is 17.3 Å². The van der Waals surface area contributed by atoms with E-state index in [0.29, 0.717) is 0 Å². The number of esters is 1. The van der Waals surface area contributed by atoms with Gasteiger partial charge in [0.25, 0.3) is 0 Å². The van der Waals surface area contributed by atoms with Crippen molar-refractivity contribution in [2.45, 2.75) is 44.0 Å². The maximum Gasteiger partial charge on any atom is 0.318 e. The molecule has 0 N–H and O–H groups in total. The highest BCUT2D eigenvalue weighted by Gasteiger charge is 2.20. The van der Waals surface area contributed by atoms with Gasteiger partial charge in [-0.25, -0.2) is 0 Å². The molecule has 64 valence electrons. The third kappa shape index (κ3) is 2.73. The van der Waals surface area contributed by atoms with Crippen LogP contribution in [-0.2, 0) is 9.53 Å². The van der Waals surface area contributed by atoms with E-state index in [1.807, 2.05) is 0 Å². The molecule has 0 amide bonds. The van der Waals surface area contributed by atoms with Crippen molar-refractivity contribution in [1.82, 2.24) is 0 Å². The highest BCUT2D eigenvalue weighted by molar-refractivity contribution is 7.81. The Kier molecular flexibility index (Phi) is 3.24. The Bertz CT molecular complexity index is 139. The van der Waals surface area contributed by atoms with Crippen molar-refractivity contribution in [3.8, 4) is 0 Å². The van der Waals surface area contributed by atoms with Gasteiger partial charge in [-0.3, -0.25) is 4.79 Å². The summed E-state index contributed by atoms with van der Waals surface area (Å²) in [5, 5.41) is -0.282. The summed E-state index contributed by atoms with van der Waals surface area (Å²) in [7, 11) is 0. The lowest BCUT2D eigenvalue weighted by atomic mass is 10.3. The van der Waals surface area contributed by atoms with Gasteiger partial charge in [0.15, 0.2) is 0 Å². The van der Waals surface area contributed by atoms with Crippen LogP contribution in [0.1, 0.15) is 32.6 Å². The zero-order valence-corrected chi connectivity index (χ0v) is 7.64. The first-order valence-corrected chi connectivity index (χ1v) is 4.60. The fourth-order valence-corrected chi connectivity index (χ4v) is 1.33. The fraction of sp³-hybridized carbons (Fsp3) is 0.875. The second-order valence-electron chi connectivity index (χ2n) is 3.02. The third-order valence-corrected chi connectivity index (χ3v) is 2.14. The molecule has 1 rings (SSSR count). The maximum atomic E-state index is 11.0. The van der Waals surface area contributed by atoms with Gasteiger partial charge in [-0.2, -0.15) is 12.6 Å². The van der Waals surface area contributed by atoms with Crippen molar-refractivity contribution in [2.75, 3.05) is 0 Å². The highest BCUT2D eigenvalue weighted by Crippen LogP contribution is 2.21. The van der Waals surface area contributed by atoms with Gasteiger partial charge in [0.2, 0.25) is 0 Å². The van der Waals surface area contributed by atoms with E-state index in [0.717, 1.165) is 12.8 Å². The molecule has 1 aliphatic carbocycles. The monoisotopic (exact) mass is 174 g/mol. The predicted octanol–water partition coefficient (Wildman–Crippen LogP) is 1.79. The average molecular weight is 174 g/mol. The van der Waals surface area contributed by atoms with Gasteiger partial charge >= 0.3 is 5.97 Å². The molecular weight excluding hydrogens is 160 g/mol. The highest BCUT2D eigenvalue weighted by atomic mass is 32.1. The average Bonchev–Trinajstić information content (AvgIpc) is 2.39. The summed E-state index contributed by atoms with van der Waals surface area (Å²) in [4.78, 5) is 11.0. The molecule has 0 aromatic carbocycles. The zero-order chi connectivity index (χ0) is 8.27. The lowest BCUT2D eigenvalue weighted by Gasteiger charge is -2.12. The van der Waals surface area contributed by atoms with Crippen molar-refractivity contribution in [1.29, 1.82) is 0 Å². The Hall–Kier alpha value is -0.180. The summed E-state index contributed by atoms with van der Waals surface area (Å²) >= 11 is 3.99. The topological polar surface area (TPSA) is 26.3 Å². The largest absolute Gasteiger partial charge is 0.462 e. The van der Waals surface area contributed by atoms with E-state index in [2.05, 4.69) is 12.6 Å². The number of carbonyl (C=O) groups is 1. The first kappa shape index (κ1) is 8.91. The minimum absolute atomic E-state index is 0.178. The summed E-state index contributed by atoms with van der Waals surface area (Å²) < 4.78 is 5.16. The lowest BCUT2D eigenvalue weighted by Crippen LogP contribution is -2.20. The number of hydrogen-bond acceptors (Lipinski definition) is 3. The van der Waals surface area contributed by atoms with Gasteiger partial charge in [0.1, 0.15) is 6.10 Å². The molecule has 1 aliphatic rings. The van der Waals surface area contributed by atoms with Crippen molar-refractivity contribution in [3.63, 3.8) is 0 Å². The molecule has 3 heteroatoms. The number of ether oxygens (including phenoxy) is 1. The summed E-state index contributed by atoms with van der Waals surface area (Å²) in [5.74, 6) is -0.180. The van der Waals surface area contributed by atoms with Gasteiger partial charge in [0.05, 0.1) is 5.25 Å². The normalized spacial score (nSPS) is 21.6. The van der Waals surface area contributed by atoms with E-state index in [1.165, 1.54) is 12.8 Å². The van der Waals surface area contributed by atoms with Crippen molar-refractivity contribution in [3.05, 3.63) is 0 Å². The Morgan fingerprint density at radius 3 is 2.55 bits per heavy atom. The molecule has 1 fully saturated rings. The summed E-state index contributed by atoms with van der Waals surface area (Å²) in [6.45, 7) is 1.74. The Balaban J connectivity index is 2.24. The second-order valence-corrected chi connectivity index (χ2v) is 3.79. The number of carbonyl (C=O) groups excluding carboxylic acids is 1. The summed E-state index contributed by atoms with van der Waals surface area (Å²) in [6, 6.07) is 0. The van der Waals surface area contributed by atoms with Gasteiger partial charge in [-0.05, 0) is 32.6 Å². The standard InChI is InChI=1S/C8H14O2S/c1-6(11)8(9)10-7-4-2-3-5-7/h6-7,11H,2-5H2,1H3/t6-/m1/s1. The second kappa shape index (κ2) is 4.00. The Labute approximate surface area is 72.7 Å². The van der Waals surface area contributed by atoms with Crippen LogP contribution >= 0.6 is 12.6 Å². The first-order chi connectivity index (χ1) is 5.20. The van der Waals surface area contributed by atoms with Crippen LogP contribution in [0.5, 0.6) is 0 Å². The van der Waals surface area contributed by atoms with E-state index in [1.54, 1.807) is 6.92 Å². The van der Waals surface area contributed by atoms with Crippen LogP contribution in [0.2, 0.25) is 0 Å². The van der Waals surface area contributed by atoms with Crippen LogP contribution in [0.25, 0.3) is 0 Å². The van der Waals surface area contributed by atoms with E-state index < -0.39 is 0 Å². The zero-order valence-electron chi connectivity index (χ0n) is 6.75. The van der Waals surface area contributed by atoms with E-state index in [4.69, 9.17) is 4.74 Å². The molecule has 0 aromatic heterocycles. The molecule has 0 radical (unpaired) electrons. The predicted molar refractivity (Wildman–Crippen MR) is 46.8 cm³/mol. The summed E-state index contributed by atoms with van der Waals surface area (Å²) in [6.07, 6.45) is 4.63. The van der Waals surface area contributed by atoms with E-state index in [-0.39, 0.29) is 17.3 Å². The summed E-state index contributed by atoms with van der Waals surface area (Å²) in [5.41, 5.74) is 0. The van der Waals surface area contributed by atoms with Gasteiger partial charge < -0.3 is 4.74 Å². The van der Waals surface area contributed by atoms with Crippen LogP contribution in [0.4, 0.5) is 0 Å². The molecule has 0 heterocycles. The lowest BCUT2D eigenvalue weighted by molar-refractivity contribution is -0.147. The van der Waals surface area contributed by atoms with Crippen LogP contribution in [0.15, 0.2) is 0 Å². The minimum Gasteiger partial charge on any atom is -0.462 e. The number of thiol groups is 1. The molecule has 0 unspecified atom stereocenters. The van der Waals surface area contributed by atoms with Crippen LogP contribution < -0.4 is 0 Å². The van der Waals surface area contributed by atoms with Gasteiger partial charge in [-0.15, -0.1) is 0 Å². The molecule has 0 bridgehead atoms. The van der Waals surface area contributed by atoms with E-state index >= 15 is 0 Å². The third-order valence-electron chi connectivity index (χ3n) is 1.93. The molecular formula is C8H14O2S. The quantitative estimate of drug-likeness (QED) is 0.510. The van der Waals surface area contributed by atoms with Crippen molar-refractivity contribution >= 4 is 18.6 Å². The molecule has 1 saturated carbocycles. The molecule has 1 atom stereocenters. The Morgan fingerprint density at radius 2 is 2.09 bits per heavy atom. The van der Waals surface area contributed by atoms with Gasteiger partial charge in [0, 0.05) is 0 Å². The Morgan fingerprint density at radius 1 is 1.55 bits per heavy atom. The van der Waals surface area contributed by atoms with Crippen molar-refractivity contribution < 1.29 is 9.53 Å². The smallest absolute Gasteiger partial charge is 0.318 e. The molecule has 2 nitrogen and oxygen atoms in total. The number of rotatable bonds is 2. The van der Waals surface area contributed by atoms with Crippen LogP contribution in [0.3, 0.4) is 0 Å². The maximum absolute atomic E-state index is 11.0. The SMILES string of the molecule is C[C@@H](S)C(=O)OC1CCCC1. The number of hydrogen-bond donors (Lipinski definition) is 1. The molecule has 11 heavy (non-hydrogen) atoms. The molecule has 0 spiro atoms. The first-order valence-electron chi connectivity index (χ1n) is 4.08. The minimum atomic E-state index is -0.282.